The number of benzene rings is 2. The van der Waals surface area contributed by atoms with Gasteiger partial charge in [0.2, 0.25) is 0 Å². The maximum Gasteiger partial charge on any atom is 0.304 e. The van der Waals surface area contributed by atoms with Gasteiger partial charge in [-0.25, -0.2) is 4.39 Å². The minimum atomic E-state index is -0.895. The normalized spacial score (nSPS) is 12.1. The summed E-state index contributed by atoms with van der Waals surface area (Å²) in [5.41, 5.74) is 8.44. The number of hydrogen-bond donors (Lipinski definition) is 2. The summed E-state index contributed by atoms with van der Waals surface area (Å²) in [7, 11) is 0. The summed E-state index contributed by atoms with van der Waals surface area (Å²) in [6, 6.07) is 13.6. The molecule has 1 unspecified atom stereocenters. The lowest BCUT2D eigenvalue weighted by atomic mass is 10.00. The second-order valence-electron chi connectivity index (χ2n) is 4.77. The molecule has 2 aromatic rings. The molecule has 0 aliphatic carbocycles. The van der Waals surface area contributed by atoms with Crippen LogP contribution in [0.1, 0.15) is 12.0 Å². The van der Waals surface area contributed by atoms with Crippen molar-refractivity contribution in [1.29, 1.82) is 0 Å². The summed E-state index contributed by atoms with van der Waals surface area (Å²) in [5.74, 6) is -1.16. The Kier molecular flexibility index (Phi) is 4.48. The van der Waals surface area contributed by atoms with Crippen LogP contribution in [0.2, 0.25) is 0 Å². The molecular formula is C16H16FNO2. The minimum absolute atomic E-state index is 0.0500. The fraction of sp³-hybridized carbons (Fsp3) is 0.188. The van der Waals surface area contributed by atoms with E-state index >= 15 is 0 Å². The maximum atomic E-state index is 13.2. The zero-order chi connectivity index (χ0) is 14.5. The van der Waals surface area contributed by atoms with Crippen LogP contribution in [0.15, 0.2) is 48.5 Å². The molecule has 0 aliphatic heterocycles. The molecule has 0 saturated heterocycles. The lowest BCUT2D eigenvalue weighted by Gasteiger charge is -2.09. The van der Waals surface area contributed by atoms with Crippen LogP contribution in [0, 0.1) is 5.82 Å². The van der Waals surface area contributed by atoms with Crippen molar-refractivity contribution in [2.24, 2.45) is 5.73 Å². The minimum Gasteiger partial charge on any atom is -0.481 e. The smallest absolute Gasteiger partial charge is 0.304 e. The highest BCUT2D eigenvalue weighted by Crippen LogP contribution is 2.21. The van der Waals surface area contributed by atoms with Gasteiger partial charge >= 0.3 is 5.97 Å². The van der Waals surface area contributed by atoms with Crippen LogP contribution < -0.4 is 5.73 Å². The lowest BCUT2D eigenvalue weighted by molar-refractivity contribution is -0.137. The predicted octanol–water partition coefficient (Wildman–Crippen LogP) is 2.84. The molecule has 3 N–H and O–H groups in total. The summed E-state index contributed by atoms with van der Waals surface area (Å²) in [5, 5.41) is 8.67. The Labute approximate surface area is 116 Å². The van der Waals surface area contributed by atoms with E-state index in [2.05, 4.69) is 0 Å². The number of halogens is 1. The summed E-state index contributed by atoms with van der Waals surface area (Å²) in [6.45, 7) is 0. The number of hydrogen-bond acceptors (Lipinski definition) is 2. The third kappa shape index (κ3) is 3.90. The first kappa shape index (κ1) is 14.2. The Hall–Kier alpha value is -2.20. The molecule has 0 aliphatic rings. The van der Waals surface area contributed by atoms with Crippen molar-refractivity contribution in [2.45, 2.75) is 18.9 Å². The van der Waals surface area contributed by atoms with Gasteiger partial charge in [-0.15, -0.1) is 0 Å². The van der Waals surface area contributed by atoms with Gasteiger partial charge in [-0.2, -0.15) is 0 Å². The van der Waals surface area contributed by atoms with Gasteiger partial charge in [-0.05, 0) is 35.2 Å². The van der Waals surface area contributed by atoms with Crippen molar-refractivity contribution in [3.63, 3.8) is 0 Å². The molecule has 0 radical (unpaired) electrons. The summed E-state index contributed by atoms with van der Waals surface area (Å²) in [4.78, 5) is 10.6. The Morgan fingerprint density at radius 1 is 1.15 bits per heavy atom. The largest absolute Gasteiger partial charge is 0.481 e. The number of nitrogens with two attached hydrogens (primary N) is 1. The van der Waals surface area contributed by atoms with E-state index in [0.717, 1.165) is 16.7 Å². The van der Waals surface area contributed by atoms with Gasteiger partial charge < -0.3 is 10.8 Å². The zero-order valence-electron chi connectivity index (χ0n) is 10.9. The molecule has 1 atom stereocenters. The Balaban J connectivity index is 2.08. The van der Waals surface area contributed by atoms with Crippen molar-refractivity contribution in [1.82, 2.24) is 0 Å². The SMILES string of the molecule is NC(CC(=O)O)Cc1ccc(-c2cccc(F)c2)cc1. The van der Waals surface area contributed by atoms with Crippen molar-refractivity contribution < 1.29 is 14.3 Å². The molecular weight excluding hydrogens is 257 g/mol. The average Bonchev–Trinajstić information content (AvgIpc) is 2.38. The number of carboxylic acids is 1. The highest BCUT2D eigenvalue weighted by Gasteiger charge is 2.09. The summed E-state index contributed by atoms with van der Waals surface area (Å²) < 4.78 is 13.2. The molecule has 0 fully saturated rings. The first-order chi connectivity index (χ1) is 9.54. The molecule has 0 heterocycles. The van der Waals surface area contributed by atoms with Crippen LogP contribution in [-0.2, 0) is 11.2 Å². The van der Waals surface area contributed by atoms with E-state index < -0.39 is 12.0 Å². The number of carboxylic acid groups (broad SMARTS) is 1. The zero-order valence-corrected chi connectivity index (χ0v) is 10.9. The molecule has 20 heavy (non-hydrogen) atoms. The summed E-state index contributed by atoms with van der Waals surface area (Å²) in [6.07, 6.45) is 0.460. The van der Waals surface area contributed by atoms with Crippen molar-refractivity contribution in [3.05, 3.63) is 59.9 Å². The Morgan fingerprint density at radius 3 is 2.45 bits per heavy atom. The van der Waals surface area contributed by atoms with Gasteiger partial charge in [-0.3, -0.25) is 4.79 Å². The van der Waals surface area contributed by atoms with Gasteiger partial charge in [0.15, 0.2) is 0 Å². The third-order valence-corrected chi connectivity index (χ3v) is 3.05. The van der Waals surface area contributed by atoms with E-state index in [-0.39, 0.29) is 12.2 Å². The average molecular weight is 273 g/mol. The fourth-order valence-electron chi connectivity index (χ4n) is 2.10. The van der Waals surface area contributed by atoms with Crippen molar-refractivity contribution >= 4 is 5.97 Å². The van der Waals surface area contributed by atoms with Gasteiger partial charge in [0.1, 0.15) is 5.82 Å². The number of aliphatic carboxylic acids is 1. The topological polar surface area (TPSA) is 63.3 Å². The van der Waals surface area contributed by atoms with Gasteiger partial charge in [0, 0.05) is 6.04 Å². The first-order valence-electron chi connectivity index (χ1n) is 6.37. The second kappa shape index (κ2) is 6.30. The molecule has 0 saturated carbocycles. The molecule has 2 aromatic carbocycles. The van der Waals surface area contributed by atoms with Crippen LogP contribution in [0.4, 0.5) is 4.39 Å². The van der Waals surface area contributed by atoms with E-state index in [0.29, 0.717) is 6.42 Å². The van der Waals surface area contributed by atoms with Gasteiger partial charge in [0.05, 0.1) is 6.42 Å². The maximum absolute atomic E-state index is 13.2. The lowest BCUT2D eigenvalue weighted by Crippen LogP contribution is -2.26. The van der Waals surface area contributed by atoms with Gasteiger partial charge in [0.25, 0.3) is 0 Å². The quantitative estimate of drug-likeness (QED) is 0.880. The fourth-order valence-corrected chi connectivity index (χ4v) is 2.10. The summed E-state index contributed by atoms with van der Waals surface area (Å²) >= 11 is 0. The highest BCUT2D eigenvalue weighted by atomic mass is 19.1. The van der Waals surface area contributed by atoms with Crippen LogP contribution in [0.3, 0.4) is 0 Å². The van der Waals surface area contributed by atoms with Crippen LogP contribution in [0.25, 0.3) is 11.1 Å². The molecule has 104 valence electrons. The molecule has 2 rings (SSSR count). The van der Waals surface area contributed by atoms with Gasteiger partial charge in [-0.1, -0.05) is 36.4 Å². The standard InChI is InChI=1S/C16H16FNO2/c17-14-3-1-2-13(9-14)12-6-4-11(5-7-12)8-15(18)10-16(19)20/h1-7,9,15H,8,10,18H2,(H,19,20). The molecule has 0 amide bonds. The van der Waals surface area contributed by atoms with Crippen molar-refractivity contribution in [2.75, 3.05) is 0 Å². The number of carbonyl (C=O) groups is 1. The molecule has 0 spiro atoms. The van der Waals surface area contributed by atoms with Crippen LogP contribution in [0.5, 0.6) is 0 Å². The molecule has 0 bridgehead atoms. The molecule has 3 nitrogen and oxygen atoms in total. The Bertz CT molecular complexity index is 596. The monoisotopic (exact) mass is 273 g/mol. The third-order valence-electron chi connectivity index (χ3n) is 3.05. The molecule has 0 aromatic heterocycles. The first-order valence-corrected chi connectivity index (χ1v) is 6.37. The van der Waals surface area contributed by atoms with E-state index in [9.17, 15) is 9.18 Å². The van der Waals surface area contributed by atoms with Crippen molar-refractivity contribution in [3.8, 4) is 11.1 Å². The second-order valence-corrected chi connectivity index (χ2v) is 4.77. The number of rotatable bonds is 5. The van der Waals surface area contributed by atoms with Crippen LogP contribution >= 0.6 is 0 Å². The highest BCUT2D eigenvalue weighted by molar-refractivity contribution is 5.67. The predicted molar refractivity (Wildman–Crippen MR) is 75.8 cm³/mol. The molecule has 4 heteroatoms. The van der Waals surface area contributed by atoms with E-state index in [1.54, 1.807) is 6.07 Å². The van der Waals surface area contributed by atoms with Crippen LogP contribution in [-0.4, -0.2) is 17.1 Å². The van der Waals surface area contributed by atoms with E-state index in [1.165, 1.54) is 12.1 Å². The Morgan fingerprint density at radius 2 is 1.85 bits per heavy atom. The van der Waals surface area contributed by atoms with E-state index in [4.69, 9.17) is 10.8 Å². The van der Waals surface area contributed by atoms with E-state index in [1.807, 2.05) is 30.3 Å².